The Bertz CT molecular complexity index is 1400. The molecule has 8 nitrogen and oxygen atoms in total. The van der Waals surface area contributed by atoms with Gasteiger partial charge in [0.25, 0.3) is 5.91 Å². The van der Waals surface area contributed by atoms with E-state index in [1.165, 1.54) is 24.3 Å². The molecule has 3 aromatic rings. The van der Waals surface area contributed by atoms with Crippen LogP contribution in [0.3, 0.4) is 0 Å². The van der Waals surface area contributed by atoms with Crippen LogP contribution < -0.4 is 5.32 Å². The number of aromatic nitrogens is 4. The highest BCUT2D eigenvalue weighted by molar-refractivity contribution is 5.94. The molecule has 11 heteroatoms. The van der Waals surface area contributed by atoms with E-state index in [9.17, 15) is 27.9 Å². The molecule has 0 spiro atoms. The lowest BCUT2D eigenvalue weighted by Crippen LogP contribution is -2.49. The van der Waals surface area contributed by atoms with Crippen molar-refractivity contribution >= 4 is 11.9 Å². The third-order valence-electron chi connectivity index (χ3n) is 7.82. The van der Waals surface area contributed by atoms with Crippen molar-refractivity contribution in [1.29, 1.82) is 0 Å². The molecule has 1 aromatic carbocycles. The number of aliphatic carboxylic acids is 1. The maximum absolute atomic E-state index is 13.9. The molecule has 1 fully saturated rings. The average Bonchev–Trinajstić information content (AvgIpc) is 3.60. The van der Waals surface area contributed by atoms with Gasteiger partial charge < -0.3 is 10.4 Å². The number of hydrogen-bond acceptors (Lipinski definition) is 4. The summed E-state index contributed by atoms with van der Waals surface area (Å²) in [5, 5.41) is 22.0. The minimum Gasteiger partial charge on any atom is -0.481 e. The third-order valence-corrected chi connectivity index (χ3v) is 7.82. The summed E-state index contributed by atoms with van der Waals surface area (Å²) < 4.78 is 45.1. The van der Waals surface area contributed by atoms with Gasteiger partial charge in [0.15, 0.2) is 5.69 Å². The van der Waals surface area contributed by atoms with Crippen molar-refractivity contribution in [2.75, 3.05) is 0 Å². The Morgan fingerprint density at radius 3 is 2.29 bits per heavy atom. The highest BCUT2D eigenvalue weighted by atomic mass is 19.4. The molecule has 0 radical (unpaired) electrons. The molecule has 1 aliphatic rings. The van der Waals surface area contributed by atoms with Gasteiger partial charge in [-0.3, -0.25) is 19.0 Å². The fourth-order valence-corrected chi connectivity index (χ4v) is 5.96. The first-order valence-corrected chi connectivity index (χ1v) is 14.0. The summed E-state index contributed by atoms with van der Waals surface area (Å²) in [6.45, 7) is 9.56. The molecule has 4 rings (SSSR count). The summed E-state index contributed by atoms with van der Waals surface area (Å²) in [6, 6.07) is 7.68. The number of amides is 1. The largest absolute Gasteiger partial charge is 0.481 e. The van der Waals surface area contributed by atoms with Gasteiger partial charge in [-0.05, 0) is 56.7 Å². The lowest BCUT2D eigenvalue weighted by Gasteiger charge is -2.34. The summed E-state index contributed by atoms with van der Waals surface area (Å²) in [4.78, 5) is 26.1. The van der Waals surface area contributed by atoms with E-state index in [1.54, 1.807) is 30.1 Å². The Kier molecular flexibility index (Phi) is 8.65. The standard InChI is InChI=1S/C30H38F3N5O3/c1-18-16-19(2)37(35-18)15-14-23(26(28(40)41)29(3,4)5)34-27(39)24-17-25(38(36-24)20-10-6-7-11-20)21-12-8-9-13-22(21)30(31,32)33/h8-9,12-13,16-17,20,23,26H,6-7,10-11,14-15H2,1-5H3,(H,34,39)(H,40,41)/t23?,26-/m0/s1. The monoisotopic (exact) mass is 573 g/mol. The summed E-state index contributed by atoms with van der Waals surface area (Å²) >= 11 is 0. The molecule has 1 unspecified atom stereocenters. The van der Waals surface area contributed by atoms with E-state index in [-0.39, 0.29) is 29.4 Å². The number of rotatable bonds is 9. The summed E-state index contributed by atoms with van der Waals surface area (Å²) in [5.41, 5.74) is 0.387. The molecule has 0 aliphatic heterocycles. The molecule has 1 amide bonds. The highest BCUT2D eigenvalue weighted by Gasteiger charge is 2.40. The number of nitrogens with one attached hydrogen (secondary N) is 1. The maximum atomic E-state index is 13.9. The minimum atomic E-state index is -4.58. The van der Waals surface area contributed by atoms with Crippen LogP contribution in [0.15, 0.2) is 36.4 Å². The van der Waals surface area contributed by atoms with Crippen LogP contribution in [0, 0.1) is 25.2 Å². The van der Waals surface area contributed by atoms with Gasteiger partial charge in [0.2, 0.25) is 0 Å². The highest BCUT2D eigenvalue weighted by Crippen LogP contribution is 2.40. The first-order chi connectivity index (χ1) is 19.2. The second kappa shape index (κ2) is 11.7. The van der Waals surface area contributed by atoms with Crippen molar-refractivity contribution in [3.05, 3.63) is 59.0 Å². The van der Waals surface area contributed by atoms with Gasteiger partial charge in [-0.2, -0.15) is 23.4 Å². The van der Waals surface area contributed by atoms with Gasteiger partial charge in [0.05, 0.1) is 28.9 Å². The summed E-state index contributed by atoms with van der Waals surface area (Å²) in [7, 11) is 0. The Hall–Kier alpha value is -3.63. The summed E-state index contributed by atoms with van der Waals surface area (Å²) in [5.74, 6) is -2.61. The van der Waals surface area contributed by atoms with Crippen LogP contribution in [0.1, 0.15) is 86.4 Å². The van der Waals surface area contributed by atoms with Crippen LogP contribution in [0.2, 0.25) is 0 Å². The second-order valence-corrected chi connectivity index (χ2v) is 12.0. The van der Waals surface area contributed by atoms with Gasteiger partial charge in [0.1, 0.15) is 0 Å². The summed E-state index contributed by atoms with van der Waals surface area (Å²) in [6.07, 6.45) is -0.950. The van der Waals surface area contributed by atoms with Crippen LogP contribution in [-0.4, -0.2) is 42.6 Å². The van der Waals surface area contributed by atoms with Crippen LogP contribution in [-0.2, 0) is 17.5 Å². The van der Waals surface area contributed by atoms with Crippen molar-refractivity contribution in [3.8, 4) is 11.3 Å². The third kappa shape index (κ3) is 6.82. The number of halogens is 3. The van der Waals surface area contributed by atoms with Gasteiger partial charge in [-0.25, -0.2) is 0 Å². The number of carbonyl (C=O) groups excluding carboxylic acids is 1. The maximum Gasteiger partial charge on any atom is 0.417 e. The molecule has 2 aromatic heterocycles. The van der Waals surface area contributed by atoms with Gasteiger partial charge in [-0.15, -0.1) is 0 Å². The van der Waals surface area contributed by atoms with E-state index < -0.39 is 41.0 Å². The number of carbonyl (C=O) groups is 2. The number of nitrogens with zero attached hydrogens (tertiary/aromatic N) is 4. The average molecular weight is 574 g/mol. The molecule has 2 N–H and O–H groups in total. The van der Waals surface area contributed by atoms with Gasteiger partial charge >= 0.3 is 12.1 Å². The molecular formula is C30H38F3N5O3. The molecule has 1 saturated carbocycles. The molecule has 41 heavy (non-hydrogen) atoms. The van der Waals surface area contributed by atoms with Crippen LogP contribution in [0.4, 0.5) is 13.2 Å². The molecule has 222 valence electrons. The van der Waals surface area contributed by atoms with E-state index in [0.717, 1.165) is 43.1 Å². The number of benzene rings is 1. The Morgan fingerprint density at radius 2 is 1.73 bits per heavy atom. The molecule has 0 bridgehead atoms. The van der Waals surface area contributed by atoms with E-state index in [4.69, 9.17) is 0 Å². The van der Waals surface area contributed by atoms with Crippen molar-refractivity contribution in [2.24, 2.45) is 11.3 Å². The van der Waals surface area contributed by atoms with Gasteiger partial charge in [0, 0.05) is 23.8 Å². The molecule has 1 aliphatic carbocycles. The topological polar surface area (TPSA) is 102 Å². The normalized spacial score (nSPS) is 16.1. The number of hydrogen-bond donors (Lipinski definition) is 2. The van der Waals surface area contributed by atoms with Crippen LogP contribution in [0.25, 0.3) is 11.3 Å². The smallest absolute Gasteiger partial charge is 0.417 e. The molecule has 2 heterocycles. The lowest BCUT2D eigenvalue weighted by atomic mass is 9.75. The predicted octanol–water partition coefficient (Wildman–Crippen LogP) is 6.43. The van der Waals surface area contributed by atoms with E-state index >= 15 is 0 Å². The van der Waals surface area contributed by atoms with E-state index in [2.05, 4.69) is 15.5 Å². The fourth-order valence-electron chi connectivity index (χ4n) is 5.96. The Morgan fingerprint density at radius 1 is 1.07 bits per heavy atom. The van der Waals surface area contributed by atoms with Crippen molar-refractivity contribution in [2.45, 2.75) is 91.5 Å². The fraction of sp³-hybridized carbons (Fsp3) is 0.533. The van der Waals surface area contributed by atoms with Crippen molar-refractivity contribution in [1.82, 2.24) is 24.9 Å². The number of carboxylic acid groups (broad SMARTS) is 1. The Balaban J connectivity index is 1.71. The first kappa shape index (κ1) is 30.3. The Labute approximate surface area is 237 Å². The van der Waals surface area contributed by atoms with Crippen LogP contribution >= 0.6 is 0 Å². The molecule has 2 atom stereocenters. The van der Waals surface area contributed by atoms with Crippen molar-refractivity contribution in [3.63, 3.8) is 0 Å². The predicted molar refractivity (Wildman–Crippen MR) is 148 cm³/mol. The zero-order chi connectivity index (χ0) is 30.1. The molecule has 0 saturated heterocycles. The zero-order valence-electron chi connectivity index (χ0n) is 24.1. The number of carboxylic acids is 1. The second-order valence-electron chi connectivity index (χ2n) is 12.0. The zero-order valence-corrected chi connectivity index (χ0v) is 24.1. The van der Waals surface area contributed by atoms with E-state index in [0.29, 0.717) is 6.54 Å². The van der Waals surface area contributed by atoms with E-state index in [1.807, 2.05) is 19.9 Å². The lowest BCUT2D eigenvalue weighted by molar-refractivity contribution is -0.147. The number of alkyl halides is 3. The molecular weight excluding hydrogens is 535 g/mol. The van der Waals surface area contributed by atoms with Gasteiger partial charge in [-0.1, -0.05) is 51.8 Å². The van der Waals surface area contributed by atoms with Crippen LogP contribution in [0.5, 0.6) is 0 Å². The van der Waals surface area contributed by atoms with Crippen molar-refractivity contribution < 1.29 is 27.9 Å². The quantitative estimate of drug-likeness (QED) is 0.307. The first-order valence-electron chi connectivity index (χ1n) is 14.0. The SMILES string of the molecule is Cc1cc(C)n(CCC(NC(=O)c2cc(-c3ccccc3C(F)(F)F)n(C3CCCC3)n2)[C@@H](C(=O)O)C(C)(C)C)n1. The number of aryl methyl sites for hydroxylation is 3. The minimum absolute atomic E-state index is 0.0435.